The van der Waals surface area contributed by atoms with Crippen molar-refractivity contribution in [3.63, 3.8) is 0 Å². The van der Waals surface area contributed by atoms with Crippen LogP contribution in [0, 0.1) is 23.7 Å². The summed E-state index contributed by atoms with van der Waals surface area (Å²) in [4.78, 5) is 70.8. The van der Waals surface area contributed by atoms with Crippen molar-refractivity contribution in [3.05, 3.63) is 92.4 Å². The van der Waals surface area contributed by atoms with E-state index < -0.39 is 52.8 Å². The Labute approximate surface area is 331 Å². The van der Waals surface area contributed by atoms with E-state index in [-0.39, 0.29) is 64.9 Å². The lowest BCUT2D eigenvalue weighted by Gasteiger charge is -2.50. The molecule has 2 aliphatic carbocycles. The number of aromatic hydroxyl groups is 1. The number of ether oxygens (including phenoxy) is 2. The van der Waals surface area contributed by atoms with Gasteiger partial charge in [0.2, 0.25) is 11.8 Å². The largest absolute Gasteiger partial charge is 0.503 e. The Morgan fingerprint density at radius 3 is 2.31 bits per heavy atom. The van der Waals surface area contributed by atoms with Gasteiger partial charge in [-0.25, -0.2) is 0 Å². The van der Waals surface area contributed by atoms with Crippen LogP contribution in [0.2, 0.25) is 15.1 Å². The molecule has 12 nitrogen and oxygen atoms in total. The fourth-order valence-corrected chi connectivity index (χ4v) is 9.81. The van der Waals surface area contributed by atoms with Crippen LogP contribution in [0.1, 0.15) is 55.6 Å². The van der Waals surface area contributed by atoms with E-state index in [1.807, 2.05) is 6.08 Å². The highest BCUT2D eigenvalue weighted by Gasteiger charge is 2.70. The van der Waals surface area contributed by atoms with E-state index in [0.717, 1.165) is 5.01 Å². The number of imide groups is 2. The third kappa shape index (κ3) is 6.37. The highest BCUT2D eigenvalue weighted by atomic mass is 35.5. The normalized spacial score (nSPS) is 25.7. The number of methoxy groups -OCH3 is 2. The number of phenols is 1. The molecule has 3 N–H and O–H groups in total. The second kappa shape index (κ2) is 15.0. The number of hydrazine groups is 1. The zero-order valence-corrected chi connectivity index (χ0v) is 32.2. The number of carbonyl (C=O) groups excluding carboxylic acids is 4. The Morgan fingerprint density at radius 1 is 0.891 bits per heavy atom. The fraction of sp³-hybridized carbons (Fsp3) is 0.375. The number of benzene rings is 3. The van der Waals surface area contributed by atoms with Crippen LogP contribution < -0.4 is 14.9 Å². The molecule has 55 heavy (non-hydrogen) atoms. The number of carboxylic acids is 1. The molecule has 7 rings (SSSR count). The number of unbranched alkanes of at least 4 members (excludes halogenated alkanes) is 2. The Hall–Kier alpha value is -4.78. The van der Waals surface area contributed by atoms with E-state index in [0.29, 0.717) is 46.7 Å². The van der Waals surface area contributed by atoms with Crippen molar-refractivity contribution < 1.29 is 43.7 Å². The minimum absolute atomic E-state index is 0.00384. The van der Waals surface area contributed by atoms with Crippen LogP contribution in [-0.2, 0) is 29.4 Å². The number of rotatable bonds is 12. The van der Waals surface area contributed by atoms with Gasteiger partial charge in [-0.3, -0.25) is 34.3 Å². The number of nitrogens with one attached hydrogen (secondary N) is 1. The molecule has 0 unspecified atom stereocenters. The molecule has 3 aromatic rings. The third-order valence-corrected chi connectivity index (χ3v) is 12.4. The molecular weight excluding hydrogens is 773 g/mol. The SMILES string of the molecule is COc1ccc([C@@]23C(=O)N(Nc4ccc(Cl)cc4Cl)C(=O)[C@@H]2C[C@@H]2C(=CC[C@@H]4C(=O)N(CCCCCC(=O)O)C(=O)[C@@H]42)[C@@H]3c2cc(Cl)c(O)c(OC)c2)cc1. The smallest absolute Gasteiger partial charge is 0.303 e. The molecule has 15 heteroatoms. The van der Waals surface area contributed by atoms with Crippen LogP contribution in [0.4, 0.5) is 5.69 Å². The average molecular weight is 811 g/mol. The number of anilines is 1. The van der Waals surface area contributed by atoms with Crippen molar-refractivity contribution in [3.8, 4) is 17.2 Å². The maximum atomic E-state index is 15.4. The summed E-state index contributed by atoms with van der Waals surface area (Å²) in [6.07, 6.45) is 3.58. The zero-order valence-electron chi connectivity index (χ0n) is 29.9. The summed E-state index contributed by atoms with van der Waals surface area (Å²) in [6, 6.07) is 14.6. The number of aliphatic carboxylic acids is 1. The molecule has 3 fully saturated rings. The van der Waals surface area contributed by atoms with Crippen molar-refractivity contribution in [1.82, 2.24) is 9.91 Å². The molecule has 0 aromatic heterocycles. The standard InChI is InChI=1S/C40H38Cl3N3O9/c1-54-23-10-7-21(8-11-23)40-27(37(51)46(39(40)53)44-30-14-9-22(41)18-28(30)42)19-26-24(34(40)20-16-29(43)35(49)31(17-20)55-2)12-13-25-33(26)38(52)45(36(25)50)15-5-3-4-6-32(47)48/h7-12,14,16-18,25-27,33-34,44,49H,3-6,13,15,19H2,1-2H3,(H,47,48)/t25-,26+,27-,33-,34-,40+/m0/s1. The molecular formula is C40H38Cl3N3O9. The van der Waals surface area contributed by atoms with Crippen molar-refractivity contribution >= 4 is 70.1 Å². The second-order valence-electron chi connectivity index (χ2n) is 14.3. The van der Waals surface area contributed by atoms with Crippen molar-refractivity contribution in [1.29, 1.82) is 0 Å². The summed E-state index contributed by atoms with van der Waals surface area (Å²) >= 11 is 19.3. The minimum atomic E-state index is -1.63. The number of halogens is 3. The summed E-state index contributed by atoms with van der Waals surface area (Å²) in [5.74, 6) is -6.61. The number of fused-ring (bicyclic) bond motifs is 4. The molecule has 6 atom stereocenters. The number of carboxylic acid groups (broad SMARTS) is 1. The first kappa shape index (κ1) is 38.5. The van der Waals surface area contributed by atoms with Gasteiger partial charge in [0.15, 0.2) is 11.5 Å². The topological polar surface area (TPSA) is 163 Å². The van der Waals surface area contributed by atoms with Gasteiger partial charge >= 0.3 is 5.97 Å². The fourth-order valence-electron chi connectivity index (χ4n) is 9.14. The second-order valence-corrected chi connectivity index (χ2v) is 15.5. The molecule has 4 amide bonds. The summed E-state index contributed by atoms with van der Waals surface area (Å²) in [6.45, 7) is 0.150. The number of phenolic OH excluding ortho intramolecular Hbond substituents is 1. The summed E-state index contributed by atoms with van der Waals surface area (Å²) in [5.41, 5.74) is 3.22. The minimum Gasteiger partial charge on any atom is -0.503 e. The van der Waals surface area contributed by atoms with Gasteiger partial charge in [-0.1, -0.05) is 65.0 Å². The van der Waals surface area contributed by atoms with Crippen LogP contribution in [-0.4, -0.2) is 70.5 Å². The molecule has 2 heterocycles. The van der Waals surface area contributed by atoms with E-state index in [1.165, 1.54) is 31.3 Å². The first-order valence-electron chi connectivity index (χ1n) is 17.9. The van der Waals surface area contributed by atoms with E-state index in [2.05, 4.69) is 5.43 Å². The van der Waals surface area contributed by atoms with Gasteiger partial charge in [-0.05, 0) is 85.2 Å². The van der Waals surface area contributed by atoms with E-state index in [4.69, 9.17) is 49.4 Å². The van der Waals surface area contributed by atoms with Crippen LogP contribution in [0.5, 0.6) is 17.2 Å². The number of hydrogen-bond acceptors (Lipinski definition) is 9. The summed E-state index contributed by atoms with van der Waals surface area (Å²) < 4.78 is 11.0. The Kier molecular flexibility index (Phi) is 10.5. The number of hydrogen-bond donors (Lipinski definition) is 3. The molecule has 2 aliphatic heterocycles. The molecule has 3 aromatic carbocycles. The van der Waals surface area contributed by atoms with Gasteiger partial charge in [0.25, 0.3) is 11.8 Å². The highest BCUT2D eigenvalue weighted by Crippen LogP contribution is 2.64. The third-order valence-electron chi connectivity index (χ3n) is 11.5. The van der Waals surface area contributed by atoms with Gasteiger partial charge < -0.3 is 19.7 Å². The van der Waals surface area contributed by atoms with Crippen LogP contribution in [0.25, 0.3) is 0 Å². The maximum absolute atomic E-state index is 15.4. The number of likely N-dealkylation sites (tertiary alicyclic amines) is 1. The van der Waals surface area contributed by atoms with E-state index in [9.17, 15) is 24.3 Å². The Balaban J connectivity index is 1.39. The number of carbonyl (C=O) groups is 5. The van der Waals surface area contributed by atoms with Crippen molar-refractivity contribution in [2.24, 2.45) is 23.7 Å². The van der Waals surface area contributed by atoms with Crippen LogP contribution in [0.3, 0.4) is 0 Å². The number of nitrogens with zero attached hydrogens (tertiary/aromatic N) is 2. The zero-order chi connectivity index (χ0) is 39.3. The lowest BCUT2D eigenvalue weighted by atomic mass is 9.49. The summed E-state index contributed by atoms with van der Waals surface area (Å²) in [7, 11) is 2.89. The lowest BCUT2D eigenvalue weighted by Crippen LogP contribution is -2.53. The molecule has 1 saturated carbocycles. The van der Waals surface area contributed by atoms with E-state index in [1.54, 1.807) is 42.5 Å². The molecule has 288 valence electrons. The Morgan fingerprint density at radius 2 is 1.64 bits per heavy atom. The first-order valence-corrected chi connectivity index (χ1v) is 19.0. The maximum Gasteiger partial charge on any atom is 0.303 e. The van der Waals surface area contributed by atoms with Crippen LogP contribution in [0.15, 0.2) is 66.2 Å². The molecule has 0 bridgehead atoms. The van der Waals surface area contributed by atoms with E-state index >= 15 is 4.79 Å². The first-order chi connectivity index (χ1) is 26.3. The quantitative estimate of drug-likeness (QED) is 0.0987. The monoisotopic (exact) mass is 809 g/mol. The predicted octanol–water partition coefficient (Wildman–Crippen LogP) is 7.00. The highest BCUT2D eigenvalue weighted by molar-refractivity contribution is 6.36. The average Bonchev–Trinajstić information content (AvgIpc) is 3.53. The Bertz CT molecular complexity index is 2130. The molecule has 2 saturated heterocycles. The molecule has 0 spiro atoms. The van der Waals surface area contributed by atoms with Gasteiger partial charge in [-0.15, -0.1) is 0 Å². The van der Waals surface area contributed by atoms with Gasteiger partial charge in [0.05, 0.1) is 53.1 Å². The molecule has 4 aliphatic rings. The van der Waals surface area contributed by atoms with Gasteiger partial charge in [-0.2, -0.15) is 5.01 Å². The van der Waals surface area contributed by atoms with Gasteiger partial charge in [0, 0.05) is 23.9 Å². The lowest BCUT2D eigenvalue weighted by molar-refractivity contribution is -0.141. The van der Waals surface area contributed by atoms with Crippen molar-refractivity contribution in [2.45, 2.75) is 49.9 Å². The van der Waals surface area contributed by atoms with Crippen LogP contribution >= 0.6 is 34.8 Å². The number of allylic oxidation sites excluding steroid dienone is 2. The predicted molar refractivity (Wildman–Crippen MR) is 203 cm³/mol. The van der Waals surface area contributed by atoms with Crippen molar-refractivity contribution in [2.75, 3.05) is 26.2 Å². The summed E-state index contributed by atoms with van der Waals surface area (Å²) in [5, 5.41) is 21.3. The van der Waals surface area contributed by atoms with Gasteiger partial charge in [0.1, 0.15) is 5.75 Å². The number of amides is 4. The molecule has 0 radical (unpaired) electrons.